The first kappa shape index (κ1) is 16.5. The summed E-state index contributed by atoms with van der Waals surface area (Å²) in [6.07, 6.45) is 3.41. The van der Waals surface area contributed by atoms with Gasteiger partial charge in [-0.15, -0.1) is 0 Å². The summed E-state index contributed by atoms with van der Waals surface area (Å²) >= 11 is 0. The summed E-state index contributed by atoms with van der Waals surface area (Å²) in [4.78, 5) is 38.1. The smallest absolute Gasteiger partial charge is 0.272 e. The molecule has 134 valence electrons. The monoisotopic (exact) mass is 351 g/mol. The third kappa shape index (κ3) is 2.89. The highest BCUT2D eigenvalue weighted by Gasteiger charge is 2.30. The molecule has 1 atom stereocenters. The molecule has 0 radical (unpaired) electrons. The summed E-state index contributed by atoms with van der Waals surface area (Å²) in [5, 5.41) is 0. The van der Waals surface area contributed by atoms with Crippen molar-refractivity contribution in [3.05, 3.63) is 47.8 Å². The minimum absolute atomic E-state index is 0.112. The number of piperazine rings is 1. The average Bonchev–Trinajstić information content (AvgIpc) is 3.03. The zero-order valence-corrected chi connectivity index (χ0v) is 14.7. The number of anilines is 2. The van der Waals surface area contributed by atoms with E-state index in [4.69, 9.17) is 0 Å². The highest BCUT2D eigenvalue weighted by atomic mass is 16.2. The number of aromatic nitrogens is 2. The van der Waals surface area contributed by atoms with E-state index in [9.17, 15) is 9.59 Å². The number of rotatable bonds is 3. The number of nitrogens with zero attached hydrogens (tertiary/aromatic N) is 5. The van der Waals surface area contributed by atoms with Gasteiger partial charge in [0.15, 0.2) is 0 Å². The zero-order valence-electron chi connectivity index (χ0n) is 14.7. The third-order valence-corrected chi connectivity index (χ3v) is 5.04. The number of amides is 2. The molecular formula is C19H21N5O2. The maximum atomic E-state index is 12.8. The Morgan fingerprint density at radius 3 is 2.69 bits per heavy atom. The van der Waals surface area contributed by atoms with Crippen LogP contribution in [0.25, 0.3) is 0 Å². The summed E-state index contributed by atoms with van der Waals surface area (Å²) in [6, 6.07) is 10.1. The van der Waals surface area contributed by atoms with Crippen LogP contribution in [0, 0.1) is 0 Å². The van der Waals surface area contributed by atoms with Crippen molar-refractivity contribution in [1.82, 2.24) is 19.8 Å². The van der Waals surface area contributed by atoms with Crippen LogP contribution in [0.5, 0.6) is 0 Å². The summed E-state index contributed by atoms with van der Waals surface area (Å²) in [5.41, 5.74) is 2.76. The normalized spacial score (nSPS) is 19.4. The Kier molecular flexibility index (Phi) is 4.28. The Balaban J connectivity index is 1.58. The fourth-order valence-electron chi connectivity index (χ4n) is 3.65. The quantitative estimate of drug-likeness (QED) is 0.784. The molecule has 0 spiro atoms. The van der Waals surface area contributed by atoms with Gasteiger partial charge in [-0.2, -0.15) is 0 Å². The van der Waals surface area contributed by atoms with Gasteiger partial charge in [-0.1, -0.05) is 18.2 Å². The van der Waals surface area contributed by atoms with E-state index in [0.717, 1.165) is 18.5 Å². The Bertz CT molecular complexity index is 832. The Hall–Kier alpha value is -2.96. The van der Waals surface area contributed by atoms with Crippen LogP contribution >= 0.6 is 0 Å². The molecule has 2 aliphatic rings. The van der Waals surface area contributed by atoms with Crippen LogP contribution in [0.4, 0.5) is 11.6 Å². The lowest BCUT2D eigenvalue weighted by Gasteiger charge is -2.32. The van der Waals surface area contributed by atoms with Gasteiger partial charge in [-0.05, 0) is 31.0 Å². The molecule has 7 nitrogen and oxygen atoms in total. The maximum Gasteiger partial charge on any atom is 0.272 e. The van der Waals surface area contributed by atoms with Crippen LogP contribution < -0.4 is 4.90 Å². The SMILES string of the molecule is CC1Cc2ccccc2N1c1nccc(C(=O)N2CCN(C=O)CC2)n1. The average molecular weight is 351 g/mol. The maximum absolute atomic E-state index is 12.8. The number of para-hydroxylation sites is 1. The fourth-order valence-corrected chi connectivity index (χ4v) is 3.65. The predicted octanol–water partition coefficient (Wildman–Crippen LogP) is 1.47. The lowest BCUT2D eigenvalue weighted by molar-refractivity contribution is -0.119. The minimum Gasteiger partial charge on any atom is -0.342 e. The molecule has 1 aromatic heterocycles. The van der Waals surface area contributed by atoms with Crippen LogP contribution in [0.15, 0.2) is 36.5 Å². The molecule has 2 aromatic rings. The topological polar surface area (TPSA) is 69.6 Å². The van der Waals surface area contributed by atoms with E-state index in [1.165, 1.54) is 5.56 Å². The largest absolute Gasteiger partial charge is 0.342 e. The predicted molar refractivity (Wildman–Crippen MR) is 97.3 cm³/mol. The third-order valence-electron chi connectivity index (χ3n) is 5.04. The van der Waals surface area contributed by atoms with E-state index in [-0.39, 0.29) is 11.9 Å². The number of fused-ring (bicyclic) bond motifs is 1. The molecule has 7 heteroatoms. The van der Waals surface area contributed by atoms with Gasteiger partial charge >= 0.3 is 0 Å². The van der Waals surface area contributed by atoms with Gasteiger partial charge in [0, 0.05) is 44.1 Å². The van der Waals surface area contributed by atoms with Gasteiger partial charge in [-0.3, -0.25) is 9.59 Å². The first-order chi connectivity index (χ1) is 12.7. The molecule has 1 saturated heterocycles. The van der Waals surface area contributed by atoms with E-state index >= 15 is 0 Å². The number of carbonyl (C=O) groups is 2. The van der Waals surface area contributed by atoms with Gasteiger partial charge in [0.25, 0.3) is 5.91 Å². The van der Waals surface area contributed by atoms with Crippen molar-refractivity contribution in [2.75, 3.05) is 31.1 Å². The van der Waals surface area contributed by atoms with E-state index in [0.29, 0.717) is 37.8 Å². The molecular weight excluding hydrogens is 330 g/mol. The molecule has 2 aliphatic heterocycles. The Labute approximate surface area is 152 Å². The van der Waals surface area contributed by atoms with Crippen molar-refractivity contribution in [3.8, 4) is 0 Å². The van der Waals surface area contributed by atoms with Crippen molar-refractivity contribution >= 4 is 24.0 Å². The number of hydrogen-bond donors (Lipinski definition) is 0. The second-order valence-electron chi connectivity index (χ2n) is 6.73. The van der Waals surface area contributed by atoms with Gasteiger partial charge in [0.05, 0.1) is 0 Å². The van der Waals surface area contributed by atoms with E-state index in [2.05, 4.69) is 33.9 Å². The van der Waals surface area contributed by atoms with E-state index in [1.54, 1.807) is 22.1 Å². The highest BCUT2D eigenvalue weighted by Crippen LogP contribution is 2.36. The van der Waals surface area contributed by atoms with Gasteiger partial charge in [-0.25, -0.2) is 9.97 Å². The van der Waals surface area contributed by atoms with Crippen molar-refractivity contribution in [2.45, 2.75) is 19.4 Å². The summed E-state index contributed by atoms with van der Waals surface area (Å²) in [6.45, 7) is 4.31. The first-order valence-electron chi connectivity index (χ1n) is 8.86. The van der Waals surface area contributed by atoms with Gasteiger partial charge < -0.3 is 14.7 Å². The lowest BCUT2D eigenvalue weighted by atomic mass is 10.1. The molecule has 3 heterocycles. The number of hydrogen-bond acceptors (Lipinski definition) is 5. The van der Waals surface area contributed by atoms with Crippen molar-refractivity contribution in [3.63, 3.8) is 0 Å². The Morgan fingerprint density at radius 1 is 1.15 bits per heavy atom. The second kappa shape index (κ2) is 6.74. The van der Waals surface area contributed by atoms with Crippen molar-refractivity contribution in [1.29, 1.82) is 0 Å². The number of carbonyl (C=O) groups excluding carboxylic acids is 2. The molecule has 0 saturated carbocycles. The molecule has 26 heavy (non-hydrogen) atoms. The van der Waals surface area contributed by atoms with Crippen LogP contribution in [0.2, 0.25) is 0 Å². The second-order valence-corrected chi connectivity index (χ2v) is 6.73. The molecule has 0 N–H and O–H groups in total. The standard InChI is InChI=1S/C19H21N5O2/c1-14-12-15-4-2-3-5-17(15)24(14)19-20-7-6-16(21-19)18(26)23-10-8-22(13-25)9-11-23/h2-7,13-14H,8-12H2,1H3. The van der Waals surface area contributed by atoms with Crippen LogP contribution in [-0.4, -0.2) is 64.3 Å². The summed E-state index contributed by atoms with van der Waals surface area (Å²) in [7, 11) is 0. The van der Waals surface area contributed by atoms with Gasteiger partial charge in [0.2, 0.25) is 12.4 Å². The van der Waals surface area contributed by atoms with E-state index < -0.39 is 0 Å². The fraction of sp³-hybridized carbons (Fsp3) is 0.368. The van der Waals surface area contributed by atoms with Crippen molar-refractivity contribution < 1.29 is 9.59 Å². The molecule has 1 aromatic carbocycles. The van der Waals surface area contributed by atoms with Gasteiger partial charge in [0.1, 0.15) is 5.69 Å². The molecule has 1 unspecified atom stereocenters. The van der Waals surface area contributed by atoms with Crippen LogP contribution in [-0.2, 0) is 11.2 Å². The lowest BCUT2D eigenvalue weighted by Crippen LogP contribution is -2.48. The van der Waals surface area contributed by atoms with E-state index in [1.807, 2.05) is 12.1 Å². The molecule has 4 rings (SSSR count). The summed E-state index contributed by atoms with van der Waals surface area (Å²) in [5.74, 6) is 0.444. The van der Waals surface area contributed by atoms with Crippen molar-refractivity contribution in [2.24, 2.45) is 0 Å². The molecule has 0 aliphatic carbocycles. The number of benzene rings is 1. The van der Waals surface area contributed by atoms with Crippen LogP contribution in [0.1, 0.15) is 23.0 Å². The molecule has 1 fully saturated rings. The molecule has 0 bridgehead atoms. The summed E-state index contributed by atoms with van der Waals surface area (Å²) < 4.78 is 0. The first-order valence-corrected chi connectivity index (χ1v) is 8.86. The van der Waals surface area contributed by atoms with Crippen LogP contribution in [0.3, 0.4) is 0 Å². The Morgan fingerprint density at radius 2 is 1.92 bits per heavy atom. The zero-order chi connectivity index (χ0) is 18.1. The highest BCUT2D eigenvalue weighted by molar-refractivity contribution is 5.92. The minimum atomic E-state index is -0.112. The molecule has 2 amide bonds.